The number of aromatic carboxylic acids is 1. The summed E-state index contributed by atoms with van der Waals surface area (Å²) in [6.07, 6.45) is 1.37. The van der Waals surface area contributed by atoms with Crippen LogP contribution < -0.4 is 5.56 Å². The van der Waals surface area contributed by atoms with Crippen molar-refractivity contribution in [3.05, 3.63) is 51.9 Å². The molecule has 5 nitrogen and oxygen atoms in total. The molecule has 3 aromatic rings. The van der Waals surface area contributed by atoms with Crippen LogP contribution in [0, 0.1) is 6.92 Å². The minimum absolute atomic E-state index is 0.0524. The number of rotatable bonds is 2. The maximum atomic E-state index is 12.4. The Hall–Kier alpha value is -2.69. The van der Waals surface area contributed by atoms with Crippen LogP contribution in [0.25, 0.3) is 21.8 Å². The van der Waals surface area contributed by atoms with Gasteiger partial charge in [0, 0.05) is 18.1 Å². The summed E-state index contributed by atoms with van der Waals surface area (Å²) in [6.45, 7) is 4.13. The molecule has 0 aliphatic heterocycles. The molecule has 0 bridgehead atoms. The first-order valence-electron chi connectivity index (χ1n) is 6.69. The zero-order valence-corrected chi connectivity index (χ0v) is 11.8. The normalized spacial score (nSPS) is 11.1. The minimum Gasteiger partial charge on any atom is -0.478 e. The van der Waals surface area contributed by atoms with Crippen LogP contribution in [0.5, 0.6) is 0 Å². The smallest absolute Gasteiger partial charge is 0.339 e. The molecule has 2 aromatic heterocycles. The molecule has 106 valence electrons. The summed E-state index contributed by atoms with van der Waals surface area (Å²) in [5.41, 5.74) is 1.76. The third-order valence-corrected chi connectivity index (χ3v) is 3.65. The van der Waals surface area contributed by atoms with Gasteiger partial charge in [0.05, 0.1) is 16.4 Å². The maximum absolute atomic E-state index is 12.4. The Kier molecular flexibility index (Phi) is 2.97. The largest absolute Gasteiger partial charge is 0.478 e. The third kappa shape index (κ3) is 1.98. The molecule has 0 saturated carbocycles. The molecule has 2 heterocycles. The maximum Gasteiger partial charge on any atom is 0.339 e. The zero-order valence-electron chi connectivity index (χ0n) is 11.8. The van der Waals surface area contributed by atoms with E-state index in [1.807, 2.05) is 25.1 Å². The zero-order chi connectivity index (χ0) is 15.1. The molecule has 21 heavy (non-hydrogen) atoms. The Morgan fingerprint density at radius 3 is 2.76 bits per heavy atom. The lowest BCUT2D eigenvalue weighted by Gasteiger charge is -2.09. The van der Waals surface area contributed by atoms with Gasteiger partial charge in [0.2, 0.25) is 0 Å². The second kappa shape index (κ2) is 4.70. The van der Waals surface area contributed by atoms with Gasteiger partial charge in [0.25, 0.3) is 5.56 Å². The number of aromatic nitrogens is 2. The number of carbonyl (C=O) groups is 1. The number of hydrogen-bond acceptors (Lipinski definition) is 3. The van der Waals surface area contributed by atoms with Gasteiger partial charge in [-0.2, -0.15) is 0 Å². The van der Waals surface area contributed by atoms with Gasteiger partial charge in [0.1, 0.15) is 5.56 Å². The molecule has 5 heteroatoms. The summed E-state index contributed by atoms with van der Waals surface area (Å²) in [5.74, 6) is -1.08. The number of carboxylic acids is 1. The van der Waals surface area contributed by atoms with Gasteiger partial charge in [-0.15, -0.1) is 0 Å². The van der Waals surface area contributed by atoms with Crippen molar-refractivity contribution in [3.8, 4) is 0 Å². The number of pyridine rings is 2. The van der Waals surface area contributed by atoms with E-state index >= 15 is 0 Å². The van der Waals surface area contributed by atoms with Crippen LogP contribution in [0.3, 0.4) is 0 Å². The Morgan fingerprint density at radius 1 is 1.33 bits per heavy atom. The number of carboxylic acid groups (broad SMARTS) is 1. The van der Waals surface area contributed by atoms with Gasteiger partial charge in [-0.3, -0.25) is 4.79 Å². The number of fused-ring (bicyclic) bond motifs is 2. The average molecular weight is 282 g/mol. The lowest BCUT2D eigenvalue weighted by atomic mass is 10.1. The monoisotopic (exact) mass is 282 g/mol. The van der Waals surface area contributed by atoms with Crippen LogP contribution in [0.15, 0.2) is 35.3 Å². The van der Waals surface area contributed by atoms with E-state index in [1.165, 1.54) is 10.8 Å². The third-order valence-electron chi connectivity index (χ3n) is 3.65. The molecule has 1 aromatic carbocycles. The van der Waals surface area contributed by atoms with E-state index in [1.54, 1.807) is 13.0 Å². The molecule has 0 radical (unpaired) electrons. The van der Waals surface area contributed by atoms with Crippen LogP contribution in [-0.2, 0) is 6.54 Å². The molecule has 0 fully saturated rings. The predicted molar refractivity (Wildman–Crippen MR) is 80.9 cm³/mol. The van der Waals surface area contributed by atoms with E-state index in [9.17, 15) is 14.7 Å². The van der Waals surface area contributed by atoms with Crippen molar-refractivity contribution >= 4 is 27.8 Å². The van der Waals surface area contributed by atoms with Gasteiger partial charge < -0.3 is 9.67 Å². The molecular weight excluding hydrogens is 268 g/mol. The predicted octanol–water partition coefficient (Wildman–Crippen LogP) is 2.58. The fraction of sp³-hybridized carbons (Fsp3) is 0.188. The Labute approximate surface area is 120 Å². The van der Waals surface area contributed by atoms with Crippen LogP contribution >= 0.6 is 0 Å². The van der Waals surface area contributed by atoms with Crippen LogP contribution in [0.4, 0.5) is 0 Å². The number of benzene rings is 1. The first kappa shape index (κ1) is 13.3. The molecule has 0 aliphatic rings. The van der Waals surface area contributed by atoms with Gasteiger partial charge in [-0.25, -0.2) is 9.78 Å². The van der Waals surface area contributed by atoms with Crippen LogP contribution in [-0.4, -0.2) is 20.6 Å². The standard InChI is InChI=1S/C16H14N2O3/c1-3-18-8-12(16(20)21)14-11(15(18)19)7-10-6-4-5-9(2)13(10)17-14/h4-8H,3H2,1-2H3,(H,20,21). The highest BCUT2D eigenvalue weighted by Gasteiger charge is 2.16. The summed E-state index contributed by atoms with van der Waals surface area (Å²) < 4.78 is 1.40. The highest BCUT2D eigenvalue weighted by molar-refractivity contribution is 6.04. The van der Waals surface area contributed by atoms with E-state index < -0.39 is 5.97 Å². The summed E-state index contributed by atoms with van der Waals surface area (Å²) >= 11 is 0. The van der Waals surface area contributed by atoms with Crippen molar-refractivity contribution in [3.63, 3.8) is 0 Å². The lowest BCUT2D eigenvalue weighted by molar-refractivity contribution is 0.0698. The first-order valence-corrected chi connectivity index (χ1v) is 6.69. The summed E-state index contributed by atoms with van der Waals surface area (Å²) in [6, 6.07) is 7.41. The van der Waals surface area contributed by atoms with E-state index in [4.69, 9.17) is 0 Å². The number of para-hydroxylation sites is 1. The molecule has 1 N–H and O–H groups in total. The Morgan fingerprint density at radius 2 is 2.10 bits per heavy atom. The lowest BCUT2D eigenvalue weighted by Crippen LogP contribution is -2.21. The molecule has 3 rings (SSSR count). The van der Waals surface area contributed by atoms with E-state index in [0.717, 1.165) is 16.5 Å². The number of hydrogen-bond donors (Lipinski definition) is 1. The van der Waals surface area contributed by atoms with Crippen LogP contribution in [0.2, 0.25) is 0 Å². The average Bonchev–Trinajstić information content (AvgIpc) is 2.47. The molecule has 0 amide bonds. The van der Waals surface area contributed by atoms with Gasteiger partial charge >= 0.3 is 5.97 Å². The van der Waals surface area contributed by atoms with E-state index in [-0.39, 0.29) is 16.6 Å². The number of nitrogens with zero attached hydrogens (tertiary/aromatic N) is 2. The van der Waals surface area contributed by atoms with Crippen LogP contribution in [0.1, 0.15) is 22.8 Å². The van der Waals surface area contributed by atoms with Crippen molar-refractivity contribution in [2.24, 2.45) is 0 Å². The molecule has 0 saturated heterocycles. The fourth-order valence-electron chi connectivity index (χ4n) is 2.54. The summed E-state index contributed by atoms with van der Waals surface area (Å²) in [4.78, 5) is 28.3. The van der Waals surface area contributed by atoms with Crippen molar-refractivity contribution in [1.29, 1.82) is 0 Å². The molecule has 0 spiro atoms. The Balaban J connectivity index is 2.57. The quantitative estimate of drug-likeness (QED) is 0.733. The van der Waals surface area contributed by atoms with Crippen molar-refractivity contribution in [2.45, 2.75) is 20.4 Å². The van der Waals surface area contributed by atoms with Gasteiger partial charge in [-0.05, 0) is 25.5 Å². The molecule has 0 aliphatic carbocycles. The summed E-state index contributed by atoms with van der Waals surface area (Å²) in [5, 5.41) is 10.6. The van der Waals surface area contributed by atoms with Gasteiger partial charge in [0.15, 0.2) is 0 Å². The number of aryl methyl sites for hydroxylation is 2. The first-order chi connectivity index (χ1) is 10.0. The SMILES string of the molecule is CCn1cc(C(=O)O)c2nc3c(C)cccc3cc2c1=O. The van der Waals surface area contributed by atoms with Crippen molar-refractivity contribution in [2.75, 3.05) is 0 Å². The second-order valence-corrected chi connectivity index (χ2v) is 4.97. The van der Waals surface area contributed by atoms with Crippen molar-refractivity contribution < 1.29 is 9.90 Å². The highest BCUT2D eigenvalue weighted by Crippen LogP contribution is 2.22. The van der Waals surface area contributed by atoms with E-state index in [0.29, 0.717) is 11.9 Å². The molecular formula is C16H14N2O3. The highest BCUT2D eigenvalue weighted by atomic mass is 16.4. The Bertz CT molecular complexity index is 942. The fourth-order valence-corrected chi connectivity index (χ4v) is 2.54. The van der Waals surface area contributed by atoms with E-state index in [2.05, 4.69) is 4.98 Å². The molecule has 0 atom stereocenters. The molecule has 0 unspecified atom stereocenters. The van der Waals surface area contributed by atoms with Gasteiger partial charge in [-0.1, -0.05) is 18.2 Å². The topological polar surface area (TPSA) is 72.2 Å². The van der Waals surface area contributed by atoms with Crippen molar-refractivity contribution in [1.82, 2.24) is 9.55 Å². The second-order valence-electron chi connectivity index (χ2n) is 4.97. The summed E-state index contributed by atoms with van der Waals surface area (Å²) in [7, 11) is 0. The minimum atomic E-state index is -1.08.